The Morgan fingerprint density at radius 3 is 2.71 bits per heavy atom. The van der Waals surface area contributed by atoms with Crippen molar-refractivity contribution in [2.45, 2.75) is 50.0 Å². The van der Waals surface area contributed by atoms with Crippen molar-refractivity contribution in [1.82, 2.24) is 5.32 Å². The third-order valence-corrected chi connectivity index (χ3v) is 3.31. The topological polar surface area (TPSA) is 116 Å². The molecular formula is C10H21BN2O4. The Kier molecular flexibility index (Phi) is 5.39. The van der Waals surface area contributed by atoms with Crippen LogP contribution in [0.4, 0.5) is 0 Å². The highest BCUT2D eigenvalue weighted by Gasteiger charge is 2.41. The van der Waals surface area contributed by atoms with E-state index < -0.39 is 18.6 Å². The maximum absolute atomic E-state index is 11.3. The van der Waals surface area contributed by atoms with E-state index in [0.717, 1.165) is 6.42 Å². The standard InChI is InChI=1S/C10H21BN2O4/c12-8-3-6-13-10(7-8,9(14)15)4-1-2-5-11(16)17/h8,13,16-17H,1-7,12H2,(H,14,15)/t8-,10?/m0/s1. The number of unbranched alkanes of at least 4 members (excludes halogenated alkanes) is 1. The fourth-order valence-corrected chi connectivity index (χ4v) is 2.33. The highest BCUT2D eigenvalue weighted by molar-refractivity contribution is 6.40. The first-order valence-corrected chi connectivity index (χ1v) is 6.06. The molecule has 0 radical (unpaired) electrons. The lowest BCUT2D eigenvalue weighted by Gasteiger charge is -2.37. The van der Waals surface area contributed by atoms with Crippen molar-refractivity contribution in [1.29, 1.82) is 0 Å². The van der Waals surface area contributed by atoms with Crippen LogP contribution in [0.15, 0.2) is 0 Å². The van der Waals surface area contributed by atoms with Gasteiger partial charge in [0.1, 0.15) is 5.54 Å². The first-order valence-electron chi connectivity index (χ1n) is 6.06. The third kappa shape index (κ3) is 4.27. The molecule has 0 aromatic carbocycles. The molecule has 0 aromatic rings. The SMILES string of the molecule is N[C@H]1CCNC(CCCCB(O)O)(C(=O)O)C1. The summed E-state index contributed by atoms with van der Waals surface area (Å²) in [4.78, 5) is 11.3. The van der Waals surface area contributed by atoms with Gasteiger partial charge in [-0.3, -0.25) is 4.79 Å². The van der Waals surface area contributed by atoms with Crippen molar-refractivity contribution in [3.63, 3.8) is 0 Å². The molecule has 2 atom stereocenters. The van der Waals surface area contributed by atoms with Gasteiger partial charge in [-0.1, -0.05) is 12.8 Å². The summed E-state index contributed by atoms with van der Waals surface area (Å²) in [5.74, 6) is -0.864. The van der Waals surface area contributed by atoms with Gasteiger partial charge in [0.2, 0.25) is 0 Å². The molecular weight excluding hydrogens is 223 g/mol. The summed E-state index contributed by atoms with van der Waals surface area (Å²) in [5.41, 5.74) is 4.88. The van der Waals surface area contributed by atoms with Gasteiger partial charge in [-0.15, -0.1) is 0 Å². The van der Waals surface area contributed by atoms with Crippen molar-refractivity contribution in [3.05, 3.63) is 0 Å². The van der Waals surface area contributed by atoms with E-state index in [1.165, 1.54) is 0 Å². The number of aliphatic carboxylic acids is 1. The number of hydrogen-bond acceptors (Lipinski definition) is 5. The van der Waals surface area contributed by atoms with Crippen LogP contribution in [0.25, 0.3) is 0 Å². The minimum atomic E-state index is -1.31. The second kappa shape index (κ2) is 6.35. The van der Waals surface area contributed by atoms with Gasteiger partial charge in [-0.2, -0.15) is 0 Å². The molecule has 98 valence electrons. The highest BCUT2D eigenvalue weighted by Crippen LogP contribution is 2.25. The Hall–Kier alpha value is -0.625. The van der Waals surface area contributed by atoms with Crippen LogP contribution in [0.3, 0.4) is 0 Å². The van der Waals surface area contributed by atoms with E-state index in [1.54, 1.807) is 0 Å². The van der Waals surface area contributed by atoms with Crippen molar-refractivity contribution < 1.29 is 19.9 Å². The van der Waals surface area contributed by atoms with Gasteiger partial charge in [-0.05, 0) is 32.1 Å². The van der Waals surface area contributed by atoms with Crippen LogP contribution in [-0.4, -0.2) is 46.4 Å². The Balaban J connectivity index is 2.45. The molecule has 7 heteroatoms. The van der Waals surface area contributed by atoms with Crippen molar-refractivity contribution in [2.24, 2.45) is 5.73 Å². The largest absolute Gasteiger partial charge is 0.480 e. The van der Waals surface area contributed by atoms with Crippen LogP contribution >= 0.6 is 0 Å². The van der Waals surface area contributed by atoms with Crippen LogP contribution in [0, 0.1) is 0 Å². The van der Waals surface area contributed by atoms with Gasteiger partial charge >= 0.3 is 13.1 Å². The number of nitrogens with one attached hydrogen (secondary N) is 1. The predicted octanol–water partition coefficient (Wildman–Crippen LogP) is -0.836. The van der Waals surface area contributed by atoms with Gasteiger partial charge < -0.3 is 26.2 Å². The molecule has 1 saturated heterocycles. The average molecular weight is 244 g/mol. The molecule has 0 bridgehead atoms. The van der Waals surface area contributed by atoms with Crippen molar-refractivity contribution in [3.8, 4) is 0 Å². The number of piperidine rings is 1. The molecule has 0 aliphatic carbocycles. The minimum Gasteiger partial charge on any atom is -0.480 e. The molecule has 6 N–H and O–H groups in total. The summed E-state index contributed by atoms with van der Waals surface area (Å²) in [5, 5.41) is 29.8. The van der Waals surface area contributed by atoms with Gasteiger partial charge in [-0.25, -0.2) is 0 Å². The molecule has 0 spiro atoms. The molecule has 1 aliphatic heterocycles. The molecule has 1 unspecified atom stereocenters. The number of rotatable bonds is 6. The average Bonchev–Trinajstić information content (AvgIpc) is 2.24. The number of hydrogen-bond donors (Lipinski definition) is 5. The van der Waals surface area contributed by atoms with Crippen molar-refractivity contribution >= 4 is 13.1 Å². The summed E-state index contributed by atoms with van der Waals surface area (Å²) >= 11 is 0. The quantitative estimate of drug-likeness (QED) is 0.307. The Morgan fingerprint density at radius 2 is 2.18 bits per heavy atom. The molecule has 0 saturated carbocycles. The van der Waals surface area contributed by atoms with Gasteiger partial charge in [0.15, 0.2) is 0 Å². The summed E-state index contributed by atoms with van der Waals surface area (Å²) < 4.78 is 0. The lowest BCUT2D eigenvalue weighted by Crippen LogP contribution is -2.59. The fraction of sp³-hybridized carbons (Fsp3) is 0.900. The maximum Gasteiger partial charge on any atom is 0.451 e. The Morgan fingerprint density at radius 1 is 1.47 bits per heavy atom. The second-order valence-electron chi connectivity index (χ2n) is 4.79. The molecule has 1 aliphatic rings. The normalized spacial score (nSPS) is 29.0. The van der Waals surface area contributed by atoms with E-state index in [-0.39, 0.29) is 12.4 Å². The lowest BCUT2D eigenvalue weighted by molar-refractivity contribution is -0.146. The Labute approximate surface area is 101 Å². The zero-order valence-electron chi connectivity index (χ0n) is 9.93. The highest BCUT2D eigenvalue weighted by atomic mass is 16.4. The monoisotopic (exact) mass is 244 g/mol. The zero-order valence-corrected chi connectivity index (χ0v) is 9.93. The number of carbonyl (C=O) groups is 1. The summed E-state index contributed by atoms with van der Waals surface area (Å²) in [6, 6.07) is -0.0733. The van der Waals surface area contributed by atoms with E-state index in [0.29, 0.717) is 32.2 Å². The minimum absolute atomic E-state index is 0.0733. The van der Waals surface area contributed by atoms with E-state index in [4.69, 9.17) is 15.8 Å². The molecule has 6 nitrogen and oxygen atoms in total. The van der Waals surface area contributed by atoms with Crippen LogP contribution in [0.1, 0.15) is 32.1 Å². The maximum atomic E-state index is 11.3. The first kappa shape index (κ1) is 14.4. The van der Waals surface area contributed by atoms with Gasteiger partial charge in [0.25, 0.3) is 0 Å². The van der Waals surface area contributed by atoms with Crippen LogP contribution in [-0.2, 0) is 4.79 Å². The third-order valence-electron chi connectivity index (χ3n) is 3.31. The van der Waals surface area contributed by atoms with E-state index in [2.05, 4.69) is 5.32 Å². The van der Waals surface area contributed by atoms with Gasteiger partial charge in [0.05, 0.1) is 0 Å². The van der Waals surface area contributed by atoms with Crippen LogP contribution < -0.4 is 11.1 Å². The van der Waals surface area contributed by atoms with Crippen LogP contribution in [0.5, 0.6) is 0 Å². The molecule has 0 amide bonds. The molecule has 17 heavy (non-hydrogen) atoms. The van der Waals surface area contributed by atoms with Crippen LogP contribution in [0.2, 0.25) is 6.32 Å². The van der Waals surface area contributed by atoms with Gasteiger partial charge in [0, 0.05) is 6.04 Å². The fourth-order valence-electron chi connectivity index (χ4n) is 2.33. The van der Waals surface area contributed by atoms with E-state index in [9.17, 15) is 9.90 Å². The lowest BCUT2D eigenvalue weighted by atomic mass is 9.79. The Bertz CT molecular complexity index is 265. The smallest absolute Gasteiger partial charge is 0.451 e. The summed E-state index contributed by atoms with van der Waals surface area (Å²) in [6.45, 7) is 0.621. The van der Waals surface area contributed by atoms with E-state index >= 15 is 0 Å². The number of carboxylic acids is 1. The molecule has 1 heterocycles. The number of nitrogens with two attached hydrogens (primary N) is 1. The summed E-state index contributed by atoms with van der Waals surface area (Å²) in [7, 11) is -1.31. The summed E-state index contributed by atoms with van der Waals surface area (Å²) in [6.07, 6.45) is 3.23. The molecule has 0 aromatic heterocycles. The zero-order chi connectivity index (χ0) is 12.9. The second-order valence-corrected chi connectivity index (χ2v) is 4.79. The van der Waals surface area contributed by atoms with Crippen molar-refractivity contribution in [2.75, 3.05) is 6.54 Å². The predicted molar refractivity (Wildman–Crippen MR) is 64.4 cm³/mol. The molecule has 1 fully saturated rings. The molecule has 1 rings (SSSR count). The number of carboxylic acid groups (broad SMARTS) is 1. The van der Waals surface area contributed by atoms with E-state index in [1.807, 2.05) is 0 Å². The first-order chi connectivity index (χ1) is 7.96.